The first-order valence-corrected chi connectivity index (χ1v) is 9.09. The molecular weight excluding hydrogens is 354 g/mol. The van der Waals surface area contributed by atoms with Gasteiger partial charge in [0, 0.05) is 18.5 Å². The van der Waals surface area contributed by atoms with Crippen LogP contribution in [0.1, 0.15) is 10.4 Å². The van der Waals surface area contributed by atoms with Gasteiger partial charge in [0.05, 0.1) is 3.79 Å². The first-order chi connectivity index (χ1) is 8.41. The Bertz CT molecular complexity index is 645. The van der Waals surface area contributed by atoms with Crippen LogP contribution in [0.4, 0.5) is 0 Å². The first-order valence-electron chi connectivity index (χ1n) is 5.16. The van der Waals surface area contributed by atoms with Gasteiger partial charge in [0.15, 0.2) is 0 Å². The van der Waals surface area contributed by atoms with E-state index in [0.717, 1.165) is 14.2 Å². The minimum Gasteiger partial charge on any atom is -0.206 e. The molecule has 0 radical (unpaired) electrons. The van der Waals surface area contributed by atoms with Crippen molar-refractivity contribution in [1.82, 2.24) is 4.31 Å². The van der Waals surface area contributed by atoms with E-state index in [0.29, 0.717) is 10.8 Å². The zero-order valence-corrected chi connectivity index (χ0v) is 13.9. The van der Waals surface area contributed by atoms with Crippen LogP contribution < -0.4 is 0 Å². The van der Waals surface area contributed by atoms with Gasteiger partial charge in [0.2, 0.25) is 0 Å². The Balaban J connectivity index is 2.23. The molecule has 2 aromatic heterocycles. The monoisotopic (exact) mass is 365 g/mol. The molecule has 2 aromatic rings. The molecule has 0 atom stereocenters. The molecule has 0 aliphatic carbocycles. The maximum atomic E-state index is 12.3. The van der Waals surface area contributed by atoms with E-state index in [9.17, 15) is 8.42 Å². The molecule has 98 valence electrons. The van der Waals surface area contributed by atoms with Crippen LogP contribution in [0.5, 0.6) is 0 Å². The largest absolute Gasteiger partial charge is 0.252 e. The third-order valence-corrected chi connectivity index (χ3v) is 7.45. The van der Waals surface area contributed by atoms with Gasteiger partial charge in [-0.15, -0.1) is 22.7 Å². The minimum atomic E-state index is -3.38. The van der Waals surface area contributed by atoms with Gasteiger partial charge in [0.25, 0.3) is 10.0 Å². The van der Waals surface area contributed by atoms with Gasteiger partial charge in [-0.25, -0.2) is 8.42 Å². The third-order valence-electron chi connectivity index (χ3n) is 2.55. The fourth-order valence-electron chi connectivity index (χ4n) is 1.44. The number of halogens is 1. The Morgan fingerprint density at radius 3 is 2.56 bits per heavy atom. The quantitative estimate of drug-likeness (QED) is 0.828. The van der Waals surface area contributed by atoms with Crippen molar-refractivity contribution in [3.05, 3.63) is 37.8 Å². The Morgan fingerprint density at radius 2 is 2.06 bits per heavy atom. The fourth-order valence-corrected chi connectivity index (χ4v) is 5.84. The Hall–Kier alpha value is -0.210. The van der Waals surface area contributed by atoms with Crippen LogP contribution in [0.2, 0.25) is 0 Å². The van der Waals surface area contributed by atoms with Crippen LogP contribution in [0.3, 0.4) is 0 Å². The average Bonchev–Trinajstić information content (AvgIpc) is 2.89. The van der Waals surface area contributed by atoms with Crippen molar-refractivity contribution in [3.63, 3.8) is 0 Å². The van der Waals surface area contributed by atoms with Crippen molar-refractivity contribution in [1.29, 1.82) is 0 Å². The van der Waals surface area contributed by atoms with Gasteiger partial charge >= 0.3 is 0 Å². The molecule has 0 saturated carbocycles. The molecule has 2 heterocycles. The summed E-state index contributed by atoms with van der Waals surface area (Å²) in [5.41, 5.74) is 1.13. The van der Waals surface area contributed by atoms with Crippen LogP contribution in [0.15, 0.2) is 31.6 Å². The molecule has 0 aliphatic heterocycles. The molecule has 0 N–H and O–H groups in total. The average molecular weight is 366 g/mol. The van der Waals surface area contributed by atoms with Gasteiger partial charge in [-0.05, 0) is 52.0 Å². The summed E-state index contributed by atoms with van der Waals surface area (Å²) in [6, 6.07) is 5.38. The van der Waals surface area contributed by atoms with Crippen molar-refractivity contribution in [3.8, 4) is 0 Å². The predicted molar refractivity (Wildman–Crippen MR) is 79.7 cm³/mol. The second-order valence-corrected chi connectivity index (χ2v) is 9.58. The molecule has 2 rings (SSSR count). The highest BCUT2D eigenvalue weighted by Gasteiger charge is 2.23. The molecule has 0 spiro atoms. The van der Waals surface area contributed by atoms with E-state index >= 15 is 0 Å². The number of hydrogen-bond acceptors (Lipinski definition) is 4. The van der Waals surface area contributed by atoms with Gasteiger partial charge in [-0.2, -0.15) is 4.31 Å². The van der Waals surface area contributed by atoms with Crippen LogP contribution in [0.25, 0.3) is 0 Å². The molecule has 0 aromatic carbocycles. The van der Waals surface area contributed by atoms with Crippen molar-refractivity contribution >= 4 is 48.6 Å². The van der Waals surface area contributed by atoms with Crippen molar-refractivity contribution < 1.29 is 8.42 Å². The number of rotatable bonds is 4. The van der Waals surface area contributed by atoms with Gasteiger partial charge in [0.1, 0.15) is 4.21 Å². The summed E-state index contributed by atoms with van der Waals surface area (Å²) in [5, 5.41) is 1.98. The molecule has 0 fully saturated rings. The van der Waals surface area contributed by atoms with E-state index in [1.54, 1.807) is 30.5 Å². The van der Waals surface area contributed by atoms with E-state index in [1.807, 2.05) is 18.4 Å². The lowest BCUT2D eigenvalue weighted by Gasteiger charge is -2.15. The van der Waals surface area contributed by atoms with Crippen LogP contribution in [-0.4, -0.2) is 19.8 Å². The van der Waals surface area contributed by atoms with Crippen LogP contribution >= 0.6 is 38.6 Å². The van der Waals surface area contributed by atoms with E-state index in [2.05, 4.69) is 15.9 Å². The van der Waals surface area contributed by atoms with Crippen molar-refractivity contribution in [2.24, 2.45) is 0 Å². The Morgan fingerprint density at radius 1 is 1.33 bits per heavy atom. The van der Waals surface area contributed by atoms with Gasteiger partial charge in [-0.1, -0.05) is 0 Å². The van der Waals surface area contributed by atoms with Crippen molar-refractivity contribution in [2.45, 2.75) is 17.7 Å². The summed E-state index contributed by atoms with van der Waals surface area (Å²) in [4.78, 5) is 1.08. The molecule has 0 bridgehead atoms. The SMILES string of the molecule is Cc1ccsc1CN(C)S(=O)(=O)c1ccc(Br)s1. The lowest BCUT2D eigenvalue weighted by Crippen LogP contribution is -2.25. The molecule has 3 nitrogen and oxygen atoms in total. The second kappa shape index (κ2) is 5.42. The Labute approximate surface area is 123 Å². The fraction of sp³-hybridized carbons (Fsp3) is 0.273. The third kappa shape index (κ3) is 2.85. The molecule has 0 aliphatic rings. The first kappa shape index (κ1) is 14.2. The second-order valence-electron chi connectivity index (χ2n) is 3.85. The number of aryl methyl sites for hydroxylation is 1. The molecule has 7 heteroatoms. The number of hydrogen-bond donors (Lipinski definition) is 0. The summed E-state index contributed by atoms with van der Waals surface area (Å²) in [6.07, 6.45) is 0. The predicted octanol–water partition coefficient (Wildman–Crippen LogP) is 3.70. The topological polar surface area (TPSA) is 37.4 Å². The summed E-state index contributed by atoms with van der Waals surface area (Å²) in [7, 11) is -1.77. The minimum absolute atomic E-state index is 0.367. The number of nitrogens with zero attached hydrogens (tertiary/aromatic N) is 1. The molecule has 0 saturated heterocycles. The van der Waals surface area contributed by atoms with Crippen LogP contribution in [0, 0.1) is 6.92 Å². The zero-order chi connectivity index (χ0) is 13.3. The molecule has 0 amide bonds. The maximum absolute atomic E-state index is 12.3. The number of sulfonamides is 1. The zero-order valence-electron chi connectivity index (χ0n) is 9.88. The summed E-state index contributed by atoms with van der Waals surface area (Å²) in [6.45, 7) is 2.41. The van der Waals surface area contributed by atoms with E-state index in [4.69, 9.17) is 0 Å². The van der Waals surface area contributed by atoms with E-state index in [1.165, 1.54) is 15.6 Å². The summed E-state index contributed by atoms with van der Waals surface area (Å²) < 4.78 is 27.2. The number of thiophene rings is 2. The summed E-state index contributed by atoms with van der Waals surface area (Å²) >= 11 is 6.10. The van der Waals surface area contributed by atoms with Crippen LogP contribution in [-0.2, 0) is 16.6 Å². The van der Waals surface area contributed by atoms with Gasteiger partial charge in [-0.3, -0.25) is 0 Å². The standard InChI is InChI=1S/C11H12BrNO2S3/c1-8-5-6-16-9(8)7-13(2)18(14,15)11-4-3-10(12)17-11/h3-6H,7H2,1-2H3. The highest BCUT2D eigenvalue weighted by Crippen LogP contribution is 2.29. The highest BCUT2D eigenvalue weighted by molar-refractivity contribution is 9.11. The normalized spacial score (nSPS) is 12.2. The molecular formula is C11H12BrNO2S3. The van der Waals surface area contributed by atoms with E-state index < -0.39 is 10.0 Å². The molecule has 0 unspecified atom stereocenters. The van der Waals surface area contributed by atoms with E-state index in [-0.39, 0.29) is 0 Å². The van der Waals surface area contributed by atoms with Crippen molar-refractivity contribution in [2.75, 3.05) is 7.05 Å². The highest BCUT2D eigenvalue weighted by atomic mass is 79.9. The molecule has 18 heavy (non-hydrogen) atoms. The summed E-state index contributed by atoms with van der Waals surface area (Å²) in [5.74, 6) is 0. The maximum Gasteiger partial charge on any atom is 0.252 e. The van der Waals surface area contributed by atoms with Gasteiger partial charge < -0.3 is 0 Å². The Kier molecular flexibility index (Phi) is 4.28. The lowest BCUT2D eigenvalue weighted by molar-refractivity contribution is 0.471. The lowest BCUT2D eigenvalue weighted by atomic mass is 10.3. The smallest absolute Gasteiger partial charge is 0.206 e.